The minimum absolute atomic E-state index is 0.0216. The number of carbonyl (C=O) groups is 2. The SMILES string of the molecule is CCOC(=O)CCC(=O)N(Cc1cccs1)C1CCOCC1. The molecule has 1 aliphatic rings. The molecule has 1 saturated heterocycles. The van der Waals surface area contributed by atoms with Gasteiger partial charge in [0.2, 0.25) is 5.91 Å². The van der Waals surface area contributed by atoms with Crippen molar-refractivity contribution < 1.29 is 19.1 Å². The molecule has 6 heteroatoms. The summed E-state index contributed by atoms with van der Waals surface area (Å²) in [6.45, 7) is 4.12. The van der Waals surface area contributed by atoms with Gasteiger partial charge in [-0.1, -0.05) is 6.07 Å². The third-order valence-electron chi connectivity index (χ3n) is 3.71. The van der Waals surface area contributed by atoms with Crippen LogP contribution in [0.1, 0.15) is 37.5 Å². The molecule has 0 aromatic carbocycles. The van der Waals surface area contributed by atoms with Gasteiger partial charge in [0, 0.05) is 30.6 Å². The second-order valence-electron chi connectivity index (χ2n) is 5.25. The smallest absolute Gasteiger partial charge is 0.306 e. The lowest BCUT2D eigenvalue weighted by atomic mass is 10.1. The van der Waals surface area contributed by atoms with E-state index < -0.39 is 0 Å². The predicted octanol–water partition coefficient (Wildman–Crippen LogP) is 2.60. The van der Waals surface area contributed by atoms with Gasteiger partial charge in [-0.25, -0.2) is 0 Å². The highest BCUT2D eigenvalue weighted by Gasteiger charge is 2.26. The number of ether oxygens (including phenoxy) is 2. The van der Waals surface area contributed by atoms with E-state index in [9.17, 15) is 9.59 Å². The van der Waals surface area contributed by atoms with Crippen LogP contribution in [0.3, 0.4) is 0 Å². The monoisotopic (exact) mass is 325 g/mol. The number of amides is 1. The minimum Gasteiger partial charge on any atom is -0.466 e. The Balaban J connectivity index is 1.96. The Labute approximate surface area is 135 Å². The number of thiophene rings is 1. The molecule has 5 nitrogen and oxygen atoms in total. The Bertz CT molecular complexity index is 469. The molecule has 0 aliphatic carbocycles. The van der Waals surface area contributed by atoms with Gasteiger partial charge < -0.3 is 14.4 Å². The molecular weight excluding hydrogens is 302 g/mol. The molecule has 122 valence electrons. The number of nitrogens with zero attached hydrogens (tertiary/aromatic N) is 1. The van der Waals surface area contributed by atoms with Crippen LogP contribution in [-0.4, -0.2) is 42.6 Å². The predicted molar refractivity (Wildman–Crippen MR) is 84.6 cm³/mol. The van der Waals surface area contributed by atoms with Crippen molar-refractivity contribution in [1.29, 1.82) is 0 Å². The van der Waals surface area contributed by atoms with Gasteiger partial charge in [0.1, 0.15) is 0 Å². The van der Waals surface area contributed by atoms with E-state index in [4.69, 9.17) is 9.47 Å². The standard InChI is InChI=1S/C16H23NO4S/c1-2-21-16(19)6-5-15(18)17(12-14-4-3-11-22-14)13-7-9-20-10-8-13/h3-4,11,13H,2,5-10,12H2,1H3. The molecule has 0 bridgehead atoms. The van der Waals surface area contributed by atoms with Crippen LogP contribution in [0.4, 0.5) is 0 Å². The van der Waals surface area contributed by atoms with E-state index >= 15 is 0 Å². The maximum absolute atomic E-state index is 12.6. The second kappa shape index (κ2) is 8.90. The number of carbonyl (C=O) groups excluding carboxylic acids is 2. The molecule has 0 spiro atoms. The van der Waals surface area contributed by atoms with E-state index in [1.165, 1.54) is 0 Å². The lowest BCUT2D eigenvalue weighted by Gasteiger charge is -2.34. The van der Waals surface area contributed by atoms with E-state index in [1.54, 1.807) is 18.3 Å². The topological polar surface area (TPSA) is 55.8 Å². The summed E-state index contributed by atoms with van der Waals surface area (Å²) >= 11 is 1.65. The normalized spacial score (nSPS) is 15.5. The number of esters is 1. The fourth-order valence-corrected chi connectivity index (χ4v) is 3.28. The van der Waals surface area contributed by atoms with Gasteiger partial charge in [-0.05, 0) is 31.2 Å². The highest BCUT2D eigenvalue weighted by atomic mass is 32.1. The lowest BCUT2D eigenvalue weighted by Crippen LogP contribution is -2.42. The van der Waals surface area contributed by atoms with Crippen LogP contribution in [0.5, 0.6) is 0 Å². The average Bonchev–Trinajstić information content (AvgIpc) is 3.04. The van der Waals surface area contributed by atoms with Crippen LogP contribution in [-0.2, 0) is 25.6 Å². The zero-order valence-electron chi connectivity index (χ0n) is 13.0. The molecular formula is C16H23NO4S. The van der Waals surface area contributed by atoms with Gasteiger partial charge in [-0.15, -0.1) is 11.3 Å². The molecule has 1 aromatic rings. The van der Waals surface area contributed by atoms with Crippen molar-refractivity contribution in [3.63, 3.8) is 0 Å². The van der Waals surface area contributed by atoms with E-state index in [0.29, 0.717) is 26.4 Å². The summed E-state index contributed by atoms with van der Waals surface area (Å²) in [6, 6.07) is 4.23. The summed E-state index contributed by atoms with van der Waals surface area (Å²) in [5, 5.41) is 2.01. The fourth-order valence-electron chi connectivity index (χ4n) is 2.57. The van der Waals surface area contributed by atoms with Gasteiger partial charge in [0.15, 0.2) is 0 Å². The van der Waals surface area contributed by atoms with Crippen LogP contribution in [0.25, 0.3) is 0 Å². The molecule has 2 heterocycles. The van der Waals surface area contributed by atoms with Crippen LogP contribution in [0, 0.1) is 0 Å². The molecule has 1 aromatic heterocycles. The average molecular weight is 325 g/mol. The van der Waals surface area contributed by atoms with Crippen LogP contribution in [0.2, 0.25) is 0 Å². The van der Waals surface area contributed by atoms with Crippen molar-refractivity contribution in [2.24, 2.45) is 0 Å². The first-order valence-corrected chi connectivity index (χ1v) is 8.64. The number of hydrogen-bond donors (Lipinski definition) is 0. The van der Waals surface area contributed by atoms with E-state index in [-0.39, 0.29) is 30.8 Å². The Kier molecular flexibility index (Phi) is 6.86. The van der Waals surface area contributed by atoms with Crippen molar-refractivity contribution in [2.45, 2.75) is 45.2 Å². The summed E-state index contributed by atoms with van der Waals surface area (Å²) in [5.41, 5.74) is 0. The molecule has 0 radical (unpaired) electrons. The lowest BCUT2D eigenvalue weighted by molar-refractivity contribution is -0.146. The zero-order chi connectivity index (χ0) is 15.8. The maximum Gasteiger partial charge on any atom is 0.306 e. The van der Waals surface area contributed by atoms with Crippen molar-refractivity contribution in [3.8, 4) is 0 Å². The van der Waals surface area contributed by atoms with Gasteiger partial charge in [0.05, 0.1) is 19.6 Å². The molecule has 2 rings (SSSR count). The van der Waals surface area contributed by atoms with E-state index in [0.717, 1.165) is 17.7 Å². The molecule has 1 aliphatic heterocycles. The molecule has 0 unspecified atom stereocenters. The Hall–Kier alpha value is -1.40. The molecule has 1 fully saturated rings. The van der Waals surface area contributed by atoms with Gasteiger partial charge >= 0.3 is 5.97 Å². The molecule has 22 heavy (non-hydrogen) atoms. The quantitative estimate of drug-likeness (QED) is 0.723. The van der Waals surface area contributed by atoms with E-state index in [1.807, 2.05) is 22.4 Å². The molecule has 0 atom stereocenters. The summed E-state index contributed by atoms with van der Waals surface area (Å²) in [6.07, 6.45) is 2.07. The summed E-state index contributed by atoms with van der Waals surface area (Å²) in [7, 11) is 0. The largest absolute Gasteiger partial charge is 0.466 e. The van der Waals surface area contributed by atoms with Crippen LogP contribution < -0.4 is 0 Å². The third-order valence-corrected chi connectivity index (χ3v) is 4.57. The highest BCUT2D eigenvalue weighted by Crippen LogP contribution is 2.21. The molecule has 0 saturated carbocycles. The van der Waals surface area contributed by atoms with Crippen molar-refractivity contribution in [2.75, 3.05) is 19.8 Å². The molecule has 1 amide bonds. The summed E-state index contributed by atoms with van der Waals surface area (Å²) in [5.74, 6) is -0.285. The van der Waals surface area contributed by atoms with Gasteiger partial charge in [-0.2, -0.15) is 0 Å². The first-order valence-electron chi connectivity index (χ1n) is 7.76. The van der Waals surface area contributed by atoms with Crippen molar-refractivity contribution >= 4 is 23.2 Å². The Morgan fingerprint density at radius 1 is 1.36 bits per heavy atom. The van der Waals surface area contributed by atoms with E-state index in [2.05, 4.69) is 0 Å². The molecule has 0 N–H and O–H groups in total. The van der Waals surface area contributed by atoms with Gasteiger partial charge in [-0.3, -0.25) is 9.59 Å². The Morgan fingerprint density at radius 2 is 2.14 bits per heavy atom. The highest BCUT2D eigenvalue weighted by molar-refractivity contribution is 7.09. The minimum atomic E-state index is -0.307. The first-order chi connectivity index (χ1) is 10.7. The summed E-state index contributed by atoms with van der Waals surface area (Å²) in [4.78, 5) is 27.1. The zero-order valence-corrected chi connectivity index (χ0v) is 13.8. The maximum atomic E-state index is 12.6. The Morgan fingerprint density at radius 3 is 2.77 bits per heavy atom. The van der Waals surface area contributed by atoms with Crippen molar-refractivity contribution in [3.05, 3.63) is 22.4 Å². The fraction of sp³-hybridized carbons (Fsp3) is 0.625. The third kappa shape index (κ3) is 5.10. The van der Waals surface area contributed by atoms with Crippen molar-refractivity contribution in [1.82, 2.24) is 4.90 Å². The van der Waals surface area contributed by atoms with Crippen LogP contribution >= 0.6 is 11.3 Å². The number of rotatable bonds is 7. The second-order valence-corrected chi connectivity index (χ2v) is 6.28. The van der Waals surface area contributed by atoms with Gasteiger partial charge in [0.25, 0.3) is 0 Å². The number of hydrogen-bond acceptors (Lipinski definition) is 5. The summed E-state index contributed by atoms with van der Waals surface area (Å²) < 4.78 is 10.3. The van der Waals surface area contributed by atoms with Crippen LogP contribution in [0.15, 0.2) is 17.5 Å². The first kappa shape index (κ1) is 17.0.